The van der Waals surface area contributed by atoms with Crippen LogP contribution in [-0.2, 0) is 9.53 Å². The third-order valence-electron chi connectivity index (χ3n) is 0.981. The fourth-order valence-electron chi connectivity index (χ4n) is 0.493. The Hall–Kier alpha value is -1.23. The molecule has 0 saturated carbocycles. The zero-order valence-electron chi connectivity index (χ0n) is 6.18. The molecule has 0 bridgehead atoms. The van der Waals surface area contributed by atoms with E-state index in [0.717, 1.165) is 5.57 Å². The fraction of sp³-hybridized carbons (Fsp3) is 0.375. The molecule has 0 unspecified atom stereocenters. The van der Waals surface area contributed by atoms with Crippen molar-refractivity contribution in [2.45, 2.75) is 13.3 Å². The lowest BCUT2D eigenvalue weighted by Gasteiger charge is -1.95. The van der Waals surface area contributed by atoms with Gasteiger partial charge in [-0.1, -0.05) is 11.5 Å². The molecule has 0 saturated heterocycles. The number of rotatable bonds is 2. The number of esters is 1. The molecule has 54 valence electrons. The summed E-state index contributed by atoms with van der Waals surface area (Å²) in [6, 6.07) is 0. The van der Waals surface area contributed by atoms with Crippen molar-refractivity contribution in [2.75, 3.05) is 7.11 Å². The molecule has 0 aromatic carbocycles. The number of carbonyl (C=O) groups is 1. The molecule has 2 nitrogen and oxygen atoms in total. The summed E-state index contributed by atoms with van der Waals surface area (Å²) in [5.41, 5.74) is 0.842. The number of allylic oxidation sites excluding steroid dienone is 1. The number of hydrogen-bond donors (Lipinski definition) is 0. The summed E-state index contributed by atoms with van der Waals surface area (Å²) >= 11 is 0. The standard InChI is InChI=1S/C8H10O2/c1-4-5-7(2)6-8(9)10-3/h1,5H,6H2,2-3H3/b7-5+. The Morgan fingerprint density at radius 1 is 1.80 bits per heavy atom. The van der Waals surface area contributed by atoms with E-state index in [4.69, 9.17) is 6.42 Å². The first-order valence-electron chi connectivity index (χ1n) is 2.89. The molecule has 0 aromatic rings. The van der Waals surface area contributed by atoms with Gasteiger partial charge in [0.25, 0.3) is 0 Å². The van der Waals surface area contributed by atoms with Crippen LogP contribution in [0.15, 0.2) is 11.6 Å². The maximum absolute atomic E-state index is 10.6. The summed E-state index contributed by atoms with van der Waals surface area (Å²) in [6.07, 6.45) is 6.80. The van der Waals surface area contributed by atoms with Crippen LogP contribution in [0.1, 0.15) is 13.3 Å². The first kappa shape index (κ1) is 8.77. The molecule has 2 heteroatoms. The lowest BCUT2D eigenvalue weighted by Crippen LogP contribution is -1.99. The molecule has 0 atom stereocenters. The topological polar surface area (TPSA) is 26.3 Å². The monoisotopic (exact) mass is 138 g/mol. The van der Waals surface area contributed by atoms with Gasteiger partial charge in [-0.25, -0.2) is 0 Å². The summed E-state index contributed by atoms with van der Waals surface area (Å²) < 4.78 is 4.42. The van der Waals surface area contributed by atoms with E-state index in [-0.39, 0.29) is 12.4 Å². The minimum Gasteiger partial charge on any atom is -0.469 e. The fourth-order valence-corrected chi connectivity index (χ4v) is 0.493. The van der Waals surface area contributed by atoms with E-state index in [1.54, 1.807) is 13.0 Å². The molecule has 0 aromatic heterocycles. The van der Waals surface area contributed by atoms with E-state index in [0.29, 0.717) is 0 Å². The van der Waals surface area contributed by atoms with Crippen molar-refractivity contribution in [3.05, 3.63) is 11.6 Å². The van der Waals surface area contributed by atoms with Gasteiger partial charge in [0.05, 0.1) is 13.5 Å². The molecule has 0 amide bonds. The summed E-state index contributed by atoms with van der Waals surface area (Å²) in [4.78, 5) is 10.6. The number of hydrogen-bond acceptors (Lipinski definition) is 2. The largest absolute Gasteiger partial charge is 0.469 e. The summed E-state index contributed by atoms with van der Waals surface area (Å²) in [7, 11) is 1.35. The van der Waals surface area contributed by atoms with Crippen LogP contribution < -0.4 is 0 Å². The van der Waals surface area contributed by atoms with Crippen molar-refractivity contribution in [2.24, 2.45) is 0 Å². The Morgan fingerprint density at radius 2 is 2.40 bits per heavy atom. The van der Waals surface area contributed by atoms with Gasteiger partial charge in [0.1, 0.15) is 0 Å². The lowest BCUT2D eigenvalue weighted by molar-refractivity contribution is -0.139. The first-order chi connectivity index (χ1) is 4.70. The van der Waals surface area contributed by atoms with Gasteiger partial charge < -0.3 is 4.74 Å². The molecular formula is C8H10O2. The van der Waals surface area contributed by atoms with Crippen LogP contribution in [0.25, 0.3) is 0 Å². The van der Waals surface area contributed by atoms with Crippen molar-refractivity contribution >= 4 is 5.97 Å². The normalized spacial score (nSPS) is 10.3. The smallest absolute Gasteiger partial charge is 0.309 e. The van der Waals surface area contributed by atoms with E-state index in [2.05, 4.69) is 10.7 Å². The Morgan fingerprint density at radius 3 is 2.80 bits per heavy atom. The van der Waals surface area contributed by atoms with Crippen LogP contribution in [0.5, 0.6) is 0 Å². The predicted molar refractivity (Wildman–Crippen MR) is 39.2 cm³/mol. The predicted octanol–water partition coefficient (Wildman–Crippen LogP) is 1.13. The maximum atomic E-state index is 10.6. The molecule has 10 heavy (non-hydrogen) atoms. The van der Waals surface area contributed by atoms with Crippen LogP contribution >= 0.6 is 0 Å². The lowest BCUT2D eigenvalue weighted by atomic mass is 10.2. The minimum absolute atomic E-state index is 0.260. The van der Waals surface area contributed by atoms with Gasteiger partial charge in [0.2, 0.25) is 0 Å². The maximum Gasteiger partial charge on any atom is 0.309 e. The second-order valence-corrected chi connectivity index (χ2v) is 1.91. The summed E-state index contributed by atoms with van der Waals surface area (Å²) in [6.45, 7) is 1.79. The molecule has 0 heterocycles. The van der Waals surface area contributed by atoms with Gasteiger partial charge in [-0.15, -0.1) is 6.42 Å². The van der Waals surface area contributed by atoms with Crippen LogP contribution in [0.2, 0.25) is 0 Å². The average Bonchev–Trinajstić information content (AvgIpc) is 1.88. The Balaban J connectivity index is 3.82. The highest BCUT2D eigenvalue weighted by atomic mass is 16.5. The molecule has 0 aliphatic rings. The number of terminal acetylenes is 1. The van der Waals surface area contributed by atoms with Gasteiger partial charge in [-0.2, -0.15) is 0 Å². The molecule has 0 rings (SSSR count). The highest BCUT2D eigenvalue weighted by Gasteiger charge is 1.98. The van der Waals surface area contributed by atoms with Crippen molar-refractivity contribution in [3.63, 3.8) is 0 Å². The van der Waals surface area contributed by atoms with Crippen LogP contribution in [0, 0.1) is 12.3 Å². The SMILES string of the molecule is C#C/C=C(\C)CC(=O)OC. The van der Waals surface area contributed by atoms with Crippen LogP contribution in [0.4, 0.5) is 0 Å². The van der Waals surface area contributed by atoms with Crippen LogP contribution in [0.3, 0.4) is 0 Å². The van der Waals surface area contributed by atoms with Crippen LogP contribution in [-0.4, -0.2) is 13.1 Å². The number of methoxy groups -OCH3 is 1. The molecular weight excluding hydrogens is 128 g/mol. The average molecular weight is 138 g/mol. The Kier molecular flexibility index (Phi) is 4.06. The third-order valence-corrected chi connectivity index (χ3v) is 0.981. The molecule has 0 fully saturated rings. The summed E-state index contributed by atoms with van der Waals surface area (Å²) in [5, 5.41) is 0. The van der Waals surface area contributed by atoms with E-state index in [9.17, 15) is 4.79 Å². The quantitative estimate of drug-likeness (QED) is 0.422. The van der Waals surface area contributed by atoms with E-state index in [1.807, 2.05) is 0 Å². The molecule has 0 spiro atoms. The molecule has 0 N–H and O–H groups in total. The van der Waals surface area contributed by atoms with Crippen molar-refractivity contribution < 1.29 is 9.53 Å². The van der Waals surface area contributed by atoms with Gasteiger partial charge in [0.15, 0.2) is 0 Å². The molecule has 0 aliphatic carbocycles. The molecule has 0 radical (unpaired) electrons. The van der Waals surface area contributed by atoms with Gasteiger partial charge in [-0.05, 0) is 13.0 Å². The van der Waals surface area contributed by atoms with Crippen molar-refractivity contribution in [1.82, 2.24) is 0 Å². The zero-order chi connectivity index (χ0) is 7.98. The van der Waals surface area contributed by atoms with E-state index in [1.165, 1.54) is 7.11 Å². The highest BCUT2D eigenvalue weighted by molar-refractivity contribution is 5.72. The van der Waals surface area contributed by atoms with Crippen molar-refractivity contribution in [1.29, 1.82) is 0 Å². The minimum atomic E-state index is -0.260. The second kappa shape index (κ2) is 4.63. The van der Waals surface area contributed by atoms with Crippen molar-refractivity contribution in [3.8, 4) is 12.3 Å². The third kappa shape index (κ3) is 3.73. The van der Waals surface area contributed by atoms with Gasteiger partial charge >= 0.3 is 5.97 Å². The van der Waals surface area contributed by atoms with Gasteiger partial charge in [0, 0.05) is 0 Å². The summed E-state index contributed by atoms with van der Waals surface area (Å²) in [5.74, 6) is 2.07. The zero-order valence-corrected chi connectivity index (χ0v) is 6.18. The number of ether oxygens (including phenoxy) is 1. The van der Waals surface area contributed by atoms with E-state index < -0.39 is 0 Å². The Bertz CT molecular complexity index is 184. The van der Waals surface area contributed by atoms with E-state index >= 15 is 0 Å². The highest BCUT2D eigenvalue weighted by Crippen LogP contribution is 1.99. The Labute approximate surface area is 60.9 Å². The second-order valence-electron chi connectivity index (χ2n) is 1.91. The number of carbonyl (C=O) groups excluding carboxylic acids is 1. The molecule has 0 aliphatic heterocycles. The first-order valence-corrected chi connectivity index (χ1v) is 2.89. The van der Waals surface area contributed by atoms with Gasteiger partial charge in [-0.3, -0.25) is 4.79 Å².